The summed E-state index contributed by atoms with van der Waals surface area (Å²) in [6.07, 6.45) is 1.82. The topological polar surface area (TPSA) is 45.1 Å². The molecule has 128 valence electrons. The van der Waals surface area contributed by atoms with E-state index < -0.39 is 0 Å². The van der Waals surface area contributed by atoms with E-state index in [0.29, 0.717) is 6.54 Å². The second-order valence-corrected chi connectivity index (χ2v) is 7.05. The zero-order valence-electron chi connectivity index (χ0n) is 14.1. The molecule has 0 radical (unpaired) electrons. The minimum Gasteiger partial charge on any atom is -0.506 e. The summed E-state index contributed by atoms with van der Waals surface area (Å²) in [6, 6.07) is 26.0. The Kier molecular flexibility index (Phi) is 4.75. The number of nitrogens with one attached hydrogen (secondary N) is 1. The molecule has 0 aliphatic carbocycles. The largest absolute Gasteiger partial charge is 0.506 e. The number of anilines is 1. The van der Waals surface area contributed by atoms with Crippen molar-refractivity contribution in [2.24, 2.45) is 0 Å². The lowest BCUT2D eigenvalue weighted by atomic mass is 10.2. The molecule has 0 aliphatic rings. The molecular weight excluding hydrogens is 340 g/mol. The third-order valence-electron chi connectivity index (χ3n) is 4.15. The molecule has 0 spiro atoms. The van der Waals surface area contributed by atoms with Crippen molar-refractivity contribution in [2.75, 3.05) is 5.32 Å². The van der Waals surface area contributed by atoms with Crippen molar-refractivity contribution in [3.63, 3.8) is 0 Å². The summed E-state index contributed by atoms with van der Waals surface area (Å²) in [5, 5.41) is 14.4. The molecule has 0 bridgehead atoms. The maximum Gasteiger partial charge on any atom is 0.138 e. The first kappa shape index (κ1) is 16.5. The number of para-hydroxylation sites is 2. The molecule has 4 rings (SSSR count). The van der Waals surface area contributed by atoms with E-state index in [0.717, 1.165) is 21.5 Å². The van der Waals surface area contributed by atoms with Gasteiger partial charge in [0.2, 0.25) is 0 Å². The van der Waals surface area contributed by atoms with Gasteiger partial charge in [0.25, 0.3) is 0 Å². The Morgan fingerprint density at radius 1 is 0.885 bits per heavy atom. The average molecular weight is 358 g/mol. The van der Waals surface area contributed by atoms with Crippen molar-refractivity contribution in [1.29, 1.82) is 0 Å². The van der Waals surface area contributed by atoms with Crippen molar-refractivity contribution in [1.82, 2.24) is 4.98 Å². The number of phenolic OH excluding ortho intramolecular Hbond substituents is 1. The fourth-order valence-electron chi connectivity index (χ4n) is 2.80. The van der Waals surface area contributed by atoms with Crippen molar-refractivity contribution in [3.8, 4) is 5.75 Å². The number of hydrogen-bond acceptors (Lipinski definition) is 4. The molecule has 0 saturated carbocycles. The molecule has 3 aromatic carbocycles. The van der Waals surface area contributed by atoms with Crippen molar-refractivity contribution in [3.05, 3.63) is 90.6 Å². The first-order valence-electron chi connectivity index (χ1n) is 8.42. The summed E-state index contributed by atoms with van der Waals surface area (Å²) in [5.74, 6) is 0.262. The number of aromatic hydroxyl groups is 1. The van der Waals surface area contributed by atoms with E-state index in [9.17, 15) is 5.11 Å². The fourth-order valence-corrected chi connectivity index (χ4v) is 3.78. The second-order valence-electron chi connectivity index (χ2n) is 5.94. The van der Waals surface area contributed by atoms with Gasteiger partial charge in [-0.05, 0) is 42.0 Å². The summed E-state index contributed by atoms with van der Waals surface area (Å²) in [5.41, 5.74) is 2.92. The maximum absolute atomic E-state index is 9.92. The van der Waals surface area contributed by atoms with E-state index in [2.05, 4.69) is 46.7 Å². The van der Waals surface area contributed by atoms with E-state index in [1.54, 1.807) is 17.8 Å². The van der Waals surface area contributed by atoms with Crippen LogP contribution in [0.1, 0.15) is 5.56 Å². The average Bonchev–Trinajstić information content (AvgIpc) is 2.68. The number of aromatic nitrogens is 1. The highest BCUT2D eigenvalue weighted by Crippen LogP contribution is 2.32. The second kappa shape index (κ2) is 7.50. The van der Waals surface area contributed by atoms with Gasteiger partial charge in [-0.1, -0.05) is 54.2 Å². The lowest BCUT2D eigenvalue weighted by Gasteiger charge is -2.12. The van der Waals surface area contributed by atoms with Crippen LogP contribution in [0, 0.1) is 0 Å². The van der Waals surface area contributed by atoms with Gasteiger partial charge in [0.15, 0.2) is 0 Å². The number of hydrogen-bond donors (Lipinski definition) is 2. The number of phenols is 1. The Morgan fingerprint density at radius 3 is 2.65 bits per heavy atom. The van der Waals surface area contributed by atoms with Crippen molar-refractivity contribution >= 4 is 28.4 Å². The molecule has 1 heterocycles. The standard InChI is InChI=1S/C22H18N2OS/c25-21-9-3-2-8-19(21)24-15-17-6-1-4-10-22(17)26-18-12-11-16-7-5-13-23-20(16)14-18/h1-14,24-25H,15H2. The molecular formula is C22H18N2OS. The van der Waals surface area contributed by atoms with Crippen LogP contribution >= 0.6 is 11.8 Å². The summed E-state index contributed by atoms with van der Waals surface area (Å²) >= 11 is 1.73. The molecule has 4 heteroatoms. The van der Waals surface area contributed by atoms with Crippen LogP contribution in [0.15, 0.2) is 94.9 Å². The summed E-state index contributed by atoms with van der Waals surface area (Å²) in [6.45, 7) is 0.645. The number of rotatable bonds is 5. The molecule has 1 aromatic heterocycles. The first-order valence-corrected chi connectivity index (χ1v) is 9.24. The van der Waals surface area contributed by atoms with Gasteiger partial charge in [-0.15, -0.1) is 0 Å². The van der Waals surface area contributed by atoms with E-state index in [-0.39, 0.29) is 5.75 Å². The number of fused-ring (bicyclic) bond motifs is 1. The van der Waals surface area contributed by atoms with Crippen LogP contribution in [0.2, 0.25) is 0 Å². The molecule has 0 unspecified atom stereocenters. The number of pyridine rings is 1. The van der Waals surface area contributed by atoms with Gasteiger partial charge in [0.1, 0.15) is 5.75 Å². The fraction of sp³-hybridized carbons (Fsp3) is 0.0455. The highest BCUT2D eigenvalue weighted by molar-refractivity contribution is 7.99. The lowest BCUT2D eigenvalue weighted by molar-refractivity contribution is 0.477. The molecule has 0 aliphatic heterocycles. The zero-order valence-corrected chi connectivity index (χ0v) is 14.9. The van der Waals surface area contributed by atoms with E-state index in [1.807, 2.05) is 42.6 Å². The Balaban J connectivity index is 1.56. The third-order valence-corrected chi connectivity index (χ3v) is 5.26. The van der Waals surface area contributed by atoms with Gasteiger partial charge in [-0.25, -0.2) is 0 Å². The van der Waals surface area contributed by atoms with Crippen LogP contribution in [0.5, 0.6) is 5.75 Å². The zero-order chi connectivity index (χ0) is 17.8. The third kappa shape index (κ3) is 3.65. The highest BCUT2D eigenvalue weighted by atomic mass is 32.2. The van der Waals surface area contributed by atoms with Crippen LogP contribution in [0.25, 0.3) is 10.9 Å². The van der Waals surface area contributed by atoms with Gasteiger partial charge in [-0.2, -0.15) is 0 Å². The maximum atomic E-state index is 9.92. The Labute approximate surface area is 156 Å². The summed E-state index contributed by atoms with van der Waals surface area (Å²) in [7, 11) is 0. The van der Waals surface area contributed by atoms with Crippen LogP contribution in [-0.4, -0.2) is 10.1 Å². The Bertz CT molecular complexity index is 1050. The van der Waals surface area contributed by atoms with Crippen LogP contribution in [0.3, 0.4) is 0 Å². The van der Waals surface area contributed by atoms with Crippen molar-refractivity contribution < 1.29 is 5.11 Å². The van der Waals surface area contributed by atoms with Gasteiger partial charge in [0, 0.05) is 27.9 Å². The molecule has 4 aromatic rings. The lowest BCUT2D eigenvalue weighted by Crippen LogP contribution is -2.00. The highest BCUT2D eigenvalue weighted by Gasteiger charge is 2.06. The van der Waals surface area contributed by atoms with Gasteiger partial charge in [0.05, 0.1) is 11.2 Å². The van der Waals surface area contributed by atoms with Crippen LogP contribution in [0.4, 0.5) is 5.69 Å². The van der Waals surface area contributed by atoms with Crippen LogP contribution < -0.4 is 5.32 Å². The summed E-state index contributed by atoms with van der Waals surface area (Å²) < 4.78 is 0. The van der Waals surface area contributed by atoms with Gasteiger partial charge >= 0.3 is 0 Å². The molecule has 0 fully saturated rings. The number of benzene rings is 3. The van der Waals surface area contributed by atoms with E-state index >= 15 is 0 Å². The van der Waals surface area contributed by atoms with Crippen LogP contribution in [-0.2, 0) is 6.54 Å². The van der Waals surface area contributed by atoms with Gasteiger partial charge < -0.3 is 10.4 Å². The SMILES string of the molecule is Oc1ccccc1NCc1ccccc1Sc1ccc2cccnc2c1. The van der Waals surface area contributed by atoms with E-state index in [1.165, 1.54) is 10.5 Å². The predicted molar refractivity (Wildman–Crippen MR) is 108 cm³/mol. The summed E-state index contributed by atoms with van der Waals surface area (Å²) in [4.78, 5) is 6.78. The molecule has 26 heavy (non-hydrogen) atoms. The minimum atomic E-state index is 0.262. The quantitative estimate of drug-likeness (QED) is 0.449. The molecule has 0 saturated heterocycles. The molecule has 0 atom stereocenters. The predicted octanol–water partition coefficient (Wildman–Crippen LogP) is 5.70. The molecule has 2 N–H and O–H groups in total. The Morgan fingerprint density at radius 2 is 1.73 bits per heavy atom. The first-order chi connectivity index (χ1) is 12.8. The minimum absolute atomic E-state index is 0.262. The number of nitrogens with zero attached hydrogens (tertiary/aromatic N) is 1. The molecule has 0 amide bonds. The molecule has 3 nitrogen and oxygen atoms in total. The van der Waals surface area contributed by atoms with Crippen molar-refractivity contribution in [2.45, 2.75) is 16.3 Å². The Hall–Kier alpha value is -2.98. The monoisotopic (exact) mass is 358 g/mol. The van der Waals surface area contributed by atoms with Gasteiger partial charge in [-0.3, -0.25) is 4.98 Å². The van der Waals surface area contributed by atoms with E-state index in [4.69, 9.17) is 0 Å². The normalized spacial score (nSPS) is 10.8. The smallest absolute Gasteiger partial charge is 0.138 e.